The van der Waals surface area contributed by atoms with Gasteiger partial charge in [-0.15, -0.1) is 0 Å². The Bertz CT molecular complexity index is 1340. The summed E-state index contributed by atoms with van der Waals surface area (Å²) in [5.74, 6) is 1.67. The topological polar surface area (TPSA) is 38.2 Å². The summed E-state index contributed by atoms with van der Waals surface area (Å²) in [6.45, 7) is 0. The average molecular weight is 387 g/mol. The number of ether oxygens (including phenoxy) is 1. The number of fused-ring (bicyclic) bond motifs is 3. The van der Waals surface area contributed by atoms with Crippen molar-refractivity contribution in [2.45, 2.75) is 0 Å². The molecule has 142 valence electrons. The van der Waals surface area contributed by atoms with E-state index < -0.39 is 0 Å². The predicted octanol–water partition coefficient (Wildman–Crippen LogP) is 6.87. The van der Waals surface area contributed by atoms with E-state index in [-0.39, 0.29) is 0 Å². The van der Waals surface area contributed by atoms with Gasteiger partial charge in [-0.05, 0) is 42.5 Å². The first-order valence-corrected chi connectivity index (χ1v) is 9.85. The van der Waals surface area contributed by atoms with E-state index in [4.69, 9.17) is 4.74 Å². The predicted molar refractivity (Wildman–Crippen MR) is 120 cm³/mol. The Labute approximate surface area is 174 Å². The highest BCUT2D eigenvalue weighted by molar-refractivity contribution is 5.96. The zero-order valence-electron chi connectivity index (χ0n) is 16.1. The molecule has 0 radical (unpaired) electrons. The summed E-state index contributed by atoms with van der Waals surface area (Å²) in [4.78, 5) is 11.3. The number of nitrogens with zero attached hydrogens (tertiary/aromatic N) is 3. The minimum Gasteiger partial charge on any atom is -0.453 e. The summed E-state index contributed by atoms with van der Waals surface area (Å²) in [6.07, 6.45) is 1.63. The van der Waals surface area contributed by atoms with Crippen molar-refractivity contribution < 1.29 is 4.74 Å². The van der Waals surface area contributed by atoms with E-state index >= 15 is 0 Å². The van der Waals surface area contributed by atoms with Crippen molar-refractivity contribution in [1.29, 1.82) is 0 Å². The van der Waals surface area contributed by atoms with Crippen molar-refractivity contribution in [2.75, 3.05) is 4.90 Å². The Morgan fingerprint density at radius 1 is 0.633 bits per heavy atom. The molecule has 1 aliphatic heterocycles. The lowest BCUT2D eigenvalue weighted by Crippen LogP contribution is -2.15. The van der Waals surface area contributed by atoms with Crippen molar-refractivity contribution in [3.63, 3.8) is 0 Å². The molecule has 4 nitrogen and oxygen atoms in total. The summed E-state index contributed by atoms with van der Waals surface area (Å²) < 4.78 is 6.13. The fraction of sp³-hybridized carbons (Fsp3) is 0. The maximum Gasteiger partial charge on any atom is 0.151 e. The molecule has 1 aliphatic rings. The van der Waals surface area contributed by atoms with Crippen LogP contribution < -0.4 is 9.64 Å². The standard InChI is InChI=1S/C26H17N3O/c1-2-8-18(9-3-1)26-20-15-14-19(16-21(20)27-17-28-26)29-22-10-4-6-12-24(22)30-25-13-7-5-11-23(25)29/h1-17H. The van der Waals surface area contributed by atoms with E-state index in [0.717, 1.165) is 50.7 Å². The van der Waals surface area contributed by atoms with Gasteiger partial charge in [0.15, 0.2) is 11.5 Å². The first kappa shape index (κ1) is 16.7. The Morgan fingerprint density at radius 2 is 1.30 bits per heavy atom. The number of aromatic nitrogens is 2. The van der Waals surface area contributed by atoms with Crippen LogP contribution in [0.25, 0.3) is 22.2 Å². The molecule has 0 spiro atoms. The number of benzene rings is 4. The zero-order chi connectivity index (χ0) is 19.9. The monoisotopic (exact) mass is 387 g/mol. The van der Waals surface area contributed by atoms with Gasteiger partial charge in [0.2, 0.25) is 0 Å². The van der Waals surface area contributed by atoms with E-state index in [2.05, 4.69) is 57.3 Å². The van der Waals surface area contributed by atoms with Crippen LogP contribution in [0.2, 0.25) is 0 Å². The molecule has 0 saturated heterocycles. The molecule has 2 heterocycles. The quantitative estimate of drug-likeness (QED) is 0.325. The largest absolute Gasteiger partial charge is 0.453 e. The molecule has 0 amide bonds. The van der Waals surface area contributed by atoms with Crippen LogP contribution in [0.1, 0.15) is 0 Å². The number of hydrogen-bond acceptors (Lipinski definition) is 4. The van der Waals surface area contributed by atoms with Crippen LogP contribution in [-0.4, -0.2) is 9.97 Å². The first-order chi connectivity index (χ1) is 14.9. The highest BCUT2D eigenvalue weighted by Gasteiger charge is 2.25. The van der Waals surface area contributed by atoms with Gasteiger partial charge in [0, 0.05) is 16.6 Å². The normalized spacial score (nSPS) is 12.2. The molecule has 0 bridgehead atoms. The van der Waals surface area contributed by atoms with Gasteiger partial charge in [0.25, 0.3) is 0 Å². The van der Waals surface area contributed by atoms with Crippen molar-refractivity contribution in [3.05, 3.63) is 103 Å². The Kier molecular flexibility index (Phi) is 3.74. The minimum atomic E-state index is 0.837. The average Bonchev–Trinajstić information content (AvgIpc) is 2.82. The van der Waals surface area contributed by atoms with Crippen molar-refractivity contribution >= 4 is 28.0 Å². The summed E-state index contributed by atoms with van der Waals surface area (Å²) in [7, 11) is 0. The maximum atomic E-state index is 6.13. The van der Waals surface area contributed by atoms with Gasteiger partial charge in [-0.25, -0.2) is 9.97 Å². The summed E-state index contributed by atoms with van der Waals surface area (Å²) >= 11 is 0. The highest BCUT2D eigenvalue weighted by atomic mass is 16.5. The van der Waals surface area contributed by atoms with Gasteiger partial charge in [-0.2, -0.15) is 0 Å². The highest BCUT2D eigenvalue weighted by Crippen LogP contribution is 2.50. The van der Waals surface area contributed by atoms with E-state index in [0.29, 0.717) is 0 Å². The molecule has 0 N–H and O–H groups in total. The summed E-state index contributed by atoms with van der Waals surface area (Å²) in [5, 5.41) is 1.03. The molecule has 0 fully saturated rings. The van der Waals surface area contributed by atoms with Gasteiger partial charge in [0.1, 0.15) is 6.33 Å². The van der Waals surface area contributed by atoms with Crippen LogP contribution in [0.4, 0.5) is 17.1 Å². The number of hydrogen-bond donors (Lipinski definition) is 0. The second-order valence-electron chi connectivity index (χ2n) is 7.16. The second kappa shape index (κ2) is 6.71. The third kappa shape index (κ3) is 2.62. The van der Waals surface area contributed by atoms with Gasteiger partial charge in [-0.1, -0.05) is 54.6 Å². The third-order valence-electron chi connectivity index (χ3n) is 5.36. The minimum absolute atomic E-state index is 0.837. The molecule has 0 unspecified atom stereocenters. The van der Waals surface area contributed by atoms with E-state index in [1.807, 2.05) is 54.6 Å². The van der Waals surface area contributed by atoms with E-state index in [1.165, 1.54) is 0 Å². The lowest BCUT2D eigenvalue weighted by Gasteiger charge is -2.32. The first-order valence-electron chi connectivity index (χ1n) is 9.85. The van der Waals surface area contributed by atoms with Crippen LogP contribution in [0, 0.1) is 0 Å². The Balaban J connectivity index is 1.55. The van der Waals surface area contributed by atoms with Gasteiger partial charge < -0.3 is 9.64 Å². The fourth-order valence-electron chi connectivity index (χ4n) is 3.99. The Hall–Kier alpha value is -4.18. The molecule has 4 aromatic carbocycles. The van der Waals surface area contributed by atoms with Crippen LogP contribution in [-0.2, 0) is 0 Å². The van der Waals surface area contributed by atoms with Gasteiger partial charge in [-0.3, -0.25) is 0 Å². The van der Waals surface area contributed by atoms with Crippen LogP contribution in [0.3, 0.4) is 0 Å². The van der Waals surface area contributed by atoms with Crippen LogP contribution >= 0.6 is 0 Å². The molecule has 0 saturated carbocycles. The van der Waals surface area contributed by atoms with Crippen LogP contribution in [0.5, 0.6) is 11.5 Å². The van der Waals surface area contributed by atoms with E-state index in [1.54, 1.807) is 6.33 Å². The van der Waals surface area contributed by atoms with Crippen molar-refractivity contribution in [2.24, 2.45) is 0 Å². The Morgan fingerprint density at radius 3 is 2.03 bits per heavy atom. The van der Waals surface area contributed by atoms with E-state index in [9.17, 15) is 0 Å². The SMILES string of the molecule is c1ccc(-c2ncnc3cc(N4c5ccccc5Oc5ccccc54)ccc23)cc1. The fourth-order valence-corrected chi connectivity index (χ4v) is 3.99. The molecular formula is C26H17N3O. The molecular weight excluding hydrogens is 370 g/mol. The van der Waals surface area contributed by atoms with Crippen molar-refractivity contribution in [3.8, 4) is 22.8 Å². The van der Waals surface area contributed by atoms with Gasteiger partial charge >= 0.3 is 0 Å². The van der Waals surface area contributed by atoms with Crippen LogP contribution in [0.15, 0.2) is 103 Å². The molecule has 6 rings (SSSR count). The third-order valence-corrected chi connectivity index (χ3v) is 5.36. The number of para-hydroxylation sites is 4. The summed E-state index contributed by atoms with van der Waals surface area (Å²) in [6, 6.07) is 32.7. The smallest absolute Gasteiger partial charge is 0.151 e. The molecule has 5 aromatic rings. The molecule has 30 heavy (non-hydrogen) atoms. The van der Waals surface area contributed by atoms with Crippen molar-refractivity contribution in [1.82, 2.24) is 9.97 Å². The number of rotatable bonds is 2. The lowest BCUT2D eigenvalue weighted by molar-refractivity contribution is 0.477. The molecule has 4 heteroatoms. The molecule has 0 atom stereocenters. The molecule has 0 aliphatic carbocycles. The maximum absolute atomic E-state index is 6.13. The number of anilines is 3. The van der Waals surface area contributed by atoms with Gasteiger partial charge in [0.05, 0.1) is 22.6 Å². The second-order valence-corrected chi connectivity index (χ2v) is 7.16. The zero-order valence-corrected chi connectivity index (χ0v) is 16.1. The lowest BCUT2D eigenvalue weighted by atomic mass is 10.1. The summed E-state index contributed by atoms with van der Waals surface area (Å²) in [5.41, 5.74) is 5.97. The molecule has 1 aromatic heterocycles.